The van der Waals surface area contributed by atoms with E-state index in [0.29, 0.717) is 0 Å². The monoisotopic (exact) mass is 231 g/mol. The molecule has 4 heteroatoms. The maximum absolute atomic E-state index is 11.0. The molecule has 2 rings (SSSR count). The number of aromatic nitrogens is 1. The summed E-state index contributed by atoms with van der Waals surface area (Å²) < 4.78 is 1.91. The minimum atomic E-state index is -0.319. The summed E-state index contributed by atoms with van der Waals surface area (Å²) in [6.45, 7) is 4.03. The Hall–Kier alpha value is -1.81. The summed E-state index contributed by atoms with van der Waals surface area (Å²) in [4.78, 5) is 11.0. The molecule has 0 aliphatic heterocycles. The fraction of sp³-hybridized carbons (Fsp3) is 0.308. The van der Waals surface area contributed by atoms with Gasteiger partial charge < -0.3 is 15.6 Å². The minimum absolute atomic E-state index is 0.229. The van der Waals surface area contributed by atoms with Gasteiger partial charge in [0.1, 0.15) is 6.54 Å². The number of carbonyl (C=O) groups is 1. The van der Waals surface area contributed by atoms with Crippen LogP contribution < -0.4 is 11.1 Å². The van der Waals surface area contributed by atoms with Crippen LogP contribution in [0.2, 0.25) is 0 Å². The molecule has 0 radical (unpaired) electrons. The smallest absolute Gasteiger partial charge is 0.237 e. The molecule has 0 spiro atoms. The second kappa shape index (κ2) is 5.01. The largest absolute Gasteiger partial charge is 0.368 e. The van der Waals surface area contributed by atoms with Crippen molar-refractivity contribution in [3.05, 3.63) is 36.0 Å². The van der Waals surface area contributed by atoms with Crippen molar-refractivity contribution in [1.29, 1.82) is 0 Å². The van der Waals surface area contributed by atoms with E-state index in [0.717, 1.165) is 24.0 Å². The molecular weight excluding hydrogens is 214 g/mol. The molecule has 0 aliphatic rings. The number of amides is 1. The third kappa shape index (κ3) is 2.47. The molecule has 17 heavy (non-hydrogen) atoms. The van der Waals surface area contributed by atoms with Crippen LogP contribution in [0.4, 0.5) is 0 Å². The first-order valence-corrected chi connectivity index (χ1v) is 5.78. The first-order valence-electron chi connectivity index (χ1n) is 5.78. The predicted octanol–water partition coefficient (Wildman–Crippen LogP) is 1.24. The summed E-state index contributed by atoms with van der Waals surface area (Å²) >= 11 is 0. The van der Waals surface area contributed by atoms with E-state index >= 15 is 0 Å². The number of primary amides is 1. The molecule has 4 nitrogen and oxygen atoms in total. The van der Waals surface area contributed by atoms with E-state index in [2.05, 4.69) is 18.3 Å². The minimum Gasteiger partial charge on any atom is -0.368 e. The predicted molar refractivity (Wildman–Crippen MR) is 68.5 cm³/mol. The number of hydrogen-bond acceptors (Lipinski definition) is 2. The van der Waals surface area contributed by atoms with Crippen LogP contribution in [0.3, 0.4) is 0 Å². The molecule has 1 amide bonds. The molecule has 0 fully saturated rings. The summed E-state index contributed by atoms with van der Waals surface area (Å²) in [6.07, 6.45) is 1.91. The highest BCUT2D eigenvalue weighted by Gasteiger charge is 2.07. The Morgan fingerprint density at radius 3 is 2.94 bits per heavy atom. The quantitative estimate of drug-likeness (QED) is 0.813. The summed E-state index contributed by atoms with van der Waals surface area (Å²) in [5.41, 5.74) is 7.53. The van der Waals surface area contributed by atoms with Crippen molar-refractivity contribution >= 4 is 16.8 Å². The highest BCUT2D eigenvalue weighted by Crippen LogP contribution is 2.20. The zero-order chi connectivity index (χ0) is 12.3. The molecule has 0 saturated heterocycles. The van der Waals surface area contributed by atoms with E-state index in [-0.39, 0.29) is 12.5 Å². The number of nitrogens with one attached hydrogen (secondary N) is 1. The molecular formula is C13H17N3O. The average Bonchev–Trinajstić information content (AvgIpc) is 2.70. The SMILES string of the molecule is CCNCc1cccc2ccn(CC(N)=O)c12. The molecule has 1 aromatic carbocycles. The number of fused-ring (bicyclic) bond motifs is 1. The standard InChI is InChI=1S/C13H17N3O/c1-2-15-8-11-5-3-4-10-6-7-16(13(10)11)9-12(14)17/h3-7,15H,2,8-9H2,1H3,(H2,14,17). The van der Waals surface area contributed by atoms with E-state index in [1.165, 1.54) is 5.56 Å². The van der Waals surface area contributed by atoms with Gasteiger partial charge in [0.25, 0.3) is 0 Å². The van der Waals surface area contributed by atoms with E-state index in [9.17, 15) is 4.79 Å². The lowest BCUT2D eigenvalue weighted by molar-refractivity contribution is -0.118. The Morgan fingerprint density at radius 1 is 1.41 bits per heavy atom. The number of rotatable bonds is 5. The number of benzene rings is 1. The molecule has 0 aliphatic carbocycles. The Morgan fingerprint density at radius 2 is 2.24 bits per heavy atom. The molecule has 2 aromatic rings. The maximum Gasteiger partial charge on any atom is 0.237 e. The van der Waals surface area contributed by atoms with Crippen LogP contribution in [0.25, 0.3) is 10.9 Å². The van der Waals surface area contributed by atoms with Crippen molar-refractivity contribution in [1.82, 2.24) is 9.88 Å². The third-order valence-corrected chi connectivity index (χ3v) is 2.76. The van der Waals surface area contributed by atoms with Gasteiger partial charge in [0.2, 0.25) is 5.91 Å². The third-order valence-electron chi connectivity index (χ3n) is 2.76. The molecule has 0 atom stereocenters. The van der Waals surface area contributed by atoms with Gasteiger partial charge >= 0.3 is 0 Å². The number of nitrogens with two attached hydrogens (primary N) is 1. The second-order valence-corrected chi connectivity index (χ2v) is 4.05. The number of hydrogen-bond donors (Lipinski definition) is 2. The van der Waals surface area contributed by atoms with Crippen LogP contribution in [0.5, 0.6) is 0 Å². The normalized spacial score (nSPS) is 10.9. The summed E-state index contributed by atoms with van der Waals surface area (Å²) in [7, 11) is 0. The summed E-state index contributed by atoms with van der Waals surface area (Å²) in [5, 5.41) is 4.44. The number of carbonyl (C=O) groups excluding carboxylic acids is 1. The fourth-order valence-corrected chi connectivity index (χ4v) is 2.04. The van der Waals surface area contributed by atoms with Crippen molar-refractivity contribution in [3.63, 3.8) is 0 Å². The first-order chi connectivity index (χ1) is 8.22. The molecule has 3 N–H and O–H groups in total. The Bertz CT molecular complexity index is 530. The van der Waals surface area contributed by atoms with Gasteiger partial charge in [-0.25, -0.2) is 0 Å². The highest BCUT2D eigenvalue weighted by atomic mass is 16.1. The van der Waals surface area contributed by atoms with Gasteiger partial charge in [-0.15, -0.1) is 0 Å². The zero-order valence-corrected chi connectivity index (χ0v) is 9.94. The van der Waals surface area contributed by atoms with Crippen molar-refractivity contribution in [2.45, 2.75) is 20.0 Å². The molecule has 1 heterocycles. The number of para-hydroxylation sites is 1. The number of nitrogens with zero attached hydrogens (tertiary/aromatic N) is 1. The van der Waals surface area contributed by atoms with Gasteiger partial charge in [0, 0.05) is 12.7 Å². The van der Waals surface area contributed by atoms with Crippen LogP contribution in [0, 0.1) is 0 Å². The first kappa shape index (κ1) is 11.7. The average molecular weight is 231 g/mol. The van der Waals surface area contributed by atoms with Gasteiger partial charge in [-0.05, 0) is 23.6 Å². The van der Waals surface area contributed by atoms with E-state index in [1.807, 2.05) is 29.0 Å². The van der Waals surface area contributed by atoms with Crippen molar-refractivity contribution in [2.24, 2.45) is 5.73 Å². The lowest BCUT2D eigenvalue weighted by atomic mass is 10.1. The van der Waals surface area contributed by atoms with Gasteiger partial charge in [-0.2, -0.15) is 0 Å². The van der Waals surface area contributed by atoms with E-state index in [1.54, 1.807) is 0 Å². The summed E-state index contributed by atoms with van der Waals surface area (Å²) in [5.74, 6) is -0.319. The van der Waals surface area contributed by atoms with Gasteiger partial charge in [0.15, 0.2) is 0 Å². The summed E-state index contributed by atoms with van der Waals surface area (Å²) in [6, 6.07) is 8.15. The lowest BCUT2D eigenvalue weighted by Gasteiger charge is -2.08. The Labute approximate surface area is 100 Å². The molecule has 90 valence electrons. The molecule has 0 bridgehead atoms. The van der Waals surface area contributed by atoms with Crippen LogP contribution in [-0.2, 0) is 17.9 Å². The van der Waals surface area contributed by atoms with E-state index in [4.69, 9.17) is 5.73 Å². The van der Waals surface area contributed by atoms with Gasteiger partial charge in [-0.1, -0.05) is 25.1 Å². The van der Waals surface area contributed by atoms with Crippen LogP contribution in [0.1, 0.15) is 12.5 Å². The van der Waals surface area contributed by atoms with Gasteiger partial charge in [-0.3, -0.25) is 4.79 Å². The Kier molecular flexibility index (Phi) is 3.44. The van der Waals surface area contributed by atoms with Gasteiger partial charge in [0.05, 0.1) is 5.52 Å². The fourth-order valence-electron chi connectivity index (χ4n) is 2.04. The van der Waals surface area contributed by atoms with Crippen molar-refractivity contribution < 1.29 is 4.79 Å². The van der Waals surface area contributed by atoms with Crippen LogP contribution >= 0.6 is 0 Å². The maximum atomic E-state index is 11.0. The Balaban J connectivity index is 2.43. The highest BCUT2D eigenvalue weighted by molar-refractivity contribution is 5.85. The van der Waals surface area contributed by atoms with Crippen molar-refractivity contribution in [2.75, 3.05) is 6.54 Å². The van der Waals surface area contributed by atoms with Crippen LogP contribution in [-0.4, -0.2) is 17.0 Å². The zero-order valence-electron chi connectivity index (χ0n) is 9.94. The second-order valence-electron chi connectivity index (χ2n) is 4.05. The van der Waals surface area contributed by atoms with E-state index < -0.39 is 0 Å². The molecule has 0 saturated carbocycles. The lowest BCUT2D eigenvalue weighted by Crippen LogP contribution is -2.19. The van der Waals surface area contributed by atoms with Crippen molar-refractivity contribution in [3.8, 4) is 0 Å². The topological polar surface area (TPSA) is 60.1 Å². The molecule has 1 aromatic heterocycles. The molecule has 0 unspecified atom stereocenters. The van der Waals surface area contributed by atoms with Crippen LogP contribution in [0.15, 0.2) is 30.5 Å².